The van der Waals surface area contributed by atoms with Crippen molar-refractivity contribution >= 4 is 35.0 Å². The number of aliphatic hydroxyl groups is 1. The number of aliphatic hydroxyl groups excluding tert-OH is 1. The second-order valence-electron chi connectivity index (χ2n) is 15.1. The minimum Gasteiger partial charge on any atom is -0.391 e. The van der Waals surface area contributed by atoms with Gasteiger partial charge in [0.05, 0.1) is 12.1 Å². The highest BCUT2D eigenvalue weighted by Crippen LogP contribution is 2.44. The van der Waals surface area contributed by atoms with Crippen LogP contribution < -0.4 is 20.4 Å². The van der Waals surface area contributed by atoms with Gasteiger partial charge in [0.25, 0.3) is 5.91 Å². The molecule has 0 radical (unpaired) electrons. The fourth-order valence-electron chi connectivity index (χ4n) is 8.35. The van der Waals surface area contributed by atoms with Gasteiger partial charge in [0.1, 0.15) is 0 Å². The van der Waals surface area contributed by atoms with Gasteiger partial charge in [0.2, 0.25) is 17.7 Å². The first-order chi connectivity index (χ1) is 23.1. The standard InChI is InChI=1S/C39H52N4O5/c1-25(2)12-14-29(38(47)40-33-20-27-13-15-28(33)18-27)23-35(44)34(19-26-8-4-3-5-9-26)41-39(48)30-21-31(42-16-6-10-36(42)45)24-32(22-30)43-17-7-11-37(43)46/h3-5,8-9,21-22,24-25,27-29,33-35,44H,6-7,10-20,23H2,1-2H3,(H,40,47)(H,41,48)/t27?,28?,29-,33?,34+,35-/m1/s1. The molecule has 4 fully saturated rings. The second-order valence-corrected chi connectivity index (χ2v) is 15.1. The van der Waals surface area contributed by atoms with Gasteiger partial charge in [-0.2, -0.15) is 0 Å². The molecule has 48 heavy (non-hydrogen) atoms. The number of nitrogens with zero attached hydrogens (tertiary/aromatic N) is 2. The Morgan fingerprint density at radius 3 is 2.10 bits per heavy atom. The second kappa shape index (κ2) is 15.2. The number of hydrogen-bond acceptors (Lipinski definition) is 5. The van der Waals surface area contributed by atoms with E-state index >= 15 is 0 Å². The van der Waals surface area contributed by atoms with E-state index in [4.69, 9.17) is 0 Å². The molecule has 2 aromatic carbocycles. The number of anilines is 2. The van der Waals surface area contributed by atoms with Crippen LogP contribution in [-0.4, -0.2) is 60.0 Å². The van der Waals surface area contributed by atoms with E-state index in [-0.39, 0.29) is 42.0 Å². The van der Waals surface area contributed by atoms with Crippen LogP contribution in [0.1, 0.15) is 100 Å². The minimum absolute atomic E-state index is 0.000202. The predicted molar refractivity (Wildman–Crippen MR) is 187 cm³/mol. The largest absolute Gasteiger partial charge is 0.391 e. The van der Waals surface area contributed by atoms with Crippen LogP contribution in [-0.2, 0) is 20.8 Å². The number of hydrogen-bond donors (Lipinski definition) is 3. The van der Waals surface area contributed by atoms with Gasteiger partial charge in [-0.15, -0.1) is 0 Å². The third-order valence-electron chi connectivity index (χ3n) is 11.1. The monoisotopic (exact) mass is 656 g/mol. The first-order valence-electron chi connectivity index (χ1n) is 18.2. The molecule has 2 aromatic rings. The normalized spacial score (nSPS) is 24.0. The quantitative estimate of drug-likeness (QED) is 0.252. The van der Waals surface area contributed by atoms with Gasteiger partial charge in [0, 0.05) is 54.8 Å². The number of benzene rings is 2. The van der Waals surface area contributed by atoms with Crippen LogP contribution in [0.25, 0.3) is 0 Å². The van der Waals surface area contributed by atoms with E-state index in [1.807, 2.05) is 36.4 Å². The van der Waals surface area contributed by atoms with Crippen molar-refractivity contribution in [1.82, 2.24) is 10.6 Å². The number of fused-ring (bicyclic) bond motifs is 2. The van der Waals surface area contributed by atoms with Crippen molar-refractivity contribution in [2.45, 2.75) is 109 Å². The third-order valence-corrected chi connectivity index (χ3v) is 11.1. The number of nitrogens with one attached hydrogen (secondary N) is 2. The van der Waals surface area contributed by atoms with Crippen LogP contribution in [0, 0.1) is 23.7 Å². The van der Waals surface area contributed by atoms with Gasteiger partial charge in [0.15, 0.2) is 0 Å². The summed E-state index contributed by atoms with van der Waals surface area (Å²) in [5.74, 6) is 0.963. The van der Waals surface area contributed by atoms with Crippen LogP contribution in [0.4, 0.5) is 11.4 Å². The molecule has 3 unspecified atom stereocenters. The molecule has 2 aliphatic carbocycles. The smallest absolute Gasteiger partial charge is 0.251 e. The summed E-state index contributed by atoms with van der Waals surface area (Å²) in [6, 6.07) is 14.6. The molecule has 3 N–H and O–H groups in total. The maximum Gasteiger partial charge on any atom is 0.251 e. The highest BCUT2D eigenvalue weighted by molar-refractivity contribution is 6.03. The van der Waals surface area contributed by atoms with E-state index in [1.54, 1.807) is 21.9 Å². The van der Waals surface area contributed by atoms with E-state index < -0.39 is 12.1 Å². The van der Waals surface area contributed by atoms with Crippen LogP contribution in [0.2, 0.25) is 0 Å². The summed E-state index contributed by atoms with van der Waals surface area (Å²) >= 11 is 0. The fraction of sp³-hybridized carbons (Fsp3) is 0.590. The Morgan fingerprint density at radius 2 is 1.56 bits per heavy atom. The Bertz CT molecular complexity index is 1430. The van der Waals surface area contributed by atoms with Crippen LogP contribution in [0.5, 0.6) is 0 Å². The lowest BCUT2D eigenvalue weighted by molar-refractivity contribution is -0.127. The summed E-state index contributed by atoms with van der Waals surface area (Å²) in [6.07, 6.45) is 8.29. The lowest BCUT2D eigenvalue weighted by atomic mass is 9.87. The molecule has 6 atom stereocenters. The van der Waals surface area contributed by atoms with E-state index in [0.29, 0.717) is 67.5 Å². The molecule has 9 heteroatoms. The fourth-order valence-corrected chi connectivity index (χ4v) is 8.35. The average molecular weight is 657 g/mol. The molecule has 4 aliphatic rings. The van der Waals surface area contributed by atoms with E-state index in [2.05, 4.69) is 24.5 Å². The van der Waals surface area contributed by atoms with Gasteiger partial charge in [-0.1, -0.05) is 57.0 Å². The molecule has 2 saturated carbocycles. The molecule has 2 aliphatic heterocycles. The molecule has 9 nitrogen and oxygen atoms in total. The van der Waals surface area contributed by atoms with Crippen molar-refractivity contribution in [3.8, 4) is 0 Å². The van der Waals surface area contributed by atoms with Gasteiger partial charge < -0.3 is 25.5 Å². The van der Waals surface area contributed by atoms with Crippen LogP contribution in [0.15, 0.2) is 48.5 Å². The van der Waals surface area contributed by atoms with Crippen molar-refractivity contribution in [3.63, 3.8) is 0 Å². The molecule has 4 amide bonds. The molecule has 2 saturated heterocycles. The lowest BCUT2D eigenvalue weighted by Gasteiger charge is -2.30. The van der Waals surface area contributed by atoms with Crippen molar-refractivity contribution in [1.29, 1.82) is 0 Å². The number of carbonyl (C=O) groups excluding carboxylic acids is 4. The Morgan fingerprint density at radius 1 is 0.896 bits per heavy atom. The Balaban J connectivity index is 1.23. The summed E-state index contributed by atoms with van der Waals surface area (Å²) in [5, 5.41) is 18.3. The van der Waals surface area contributed by atoms with Crippen molar-refractivity contribution < 1.29 is 24.3 Å². The molecule has 2 bridgehead atoms. The van der Waals surface area contributed by atoms with Crippen molar-refractivity contribution in [2.24, 2.45) is 23.7 Å². The zero-order valence-electron chi connectivity index (χ0n) is 28.5. The molecular formula is C39H52N4O5. The van der Waals surface area contributed by atoms with Gasteiger partial charge in [-0.05, 0) is 92.9 Å². The minimum atomic E-state index is -0.972. The van der Waals surface area contributed by atoms with Crippen molar-refractivity contribution in [2.75, 3.05) is 22.9 Å². The van der Waals surface area contributed by atoms with E-state index in [1.165, 1.54) is 19.3 Å². The summed E-state index contributed by atoms with van der Waals surface area (Å²) in [7, 11) is 0. The highest BCUT2D eigenvalue weighted by atomic mass is 16.3. The van der Waals surface area contributed by atoms with Gasteiger partial charge in [-0.25, -0.2) is 0 Å². The summed E-state index contributed by atoms with van der Waals surface area (Å²) in [5.41, 5.74) is 2.50. The topological polar surface area (TPSA) is 119 Å². The summed E-state index contributed by atoms with van der Waals surface area (Å²) in [6.45, 7) is 5.42. The Hall–Kier alpha value is -3.72. The molecule has 6 rings (SSSR count). The molecule has 258 valence electrons. The number of rotatable bonds is 14. The van der Waals surface area contributed by atoms with Crippen molar-refractivity contribution in [3.05, 3.63) is 59.7 Å². The first-order valence-corrected chi connectivity index (χ1v) is 18.2. The van der Waals surface area contributed by atoms with Gasteiger partial charge in [-0.3, -0.25) is 19.2 Å². The summed E-state index contributed by atoms with van der Waals surface area (Å²) < 4.78 is 0. The zero-order valence-corrected chi connectivity index (χ0v) is 28.5. The third kappa shape index (κ3) is 8.11. The van der Waals surface area contributed by atoms with Gasteiger partial charge >= 0.3 is 0 Å². The highest BCUT2D eigenvalue weighted by Gasteiger charge is 2.41. The zero-order chi connectivity index (χ0) is 33.8. The molecule has 0 spiro atoms. The number of carbonyl (C=O) groups is 4. The first kappa shape index (κ1) is 34.2. The summed E-state index contributed by atoms with van der Waals surface area (Å²) in [4.78, 5) is 56.6. The average Bonchev–Trinajstić information content (AvgIpc) is 3.89. The molecule has 2 heterocycles. The van der Waals surface area contributed by atoms with Crippen LogP contribution >= 0.6 is 0 Å². The maximum absolute atomic E-state index is 14.1. The lowest BCUT2D eigenvalue weighted by Crippen LogP contribution is -2.48. The molecule has 0 aromatic heterocycles. The van der Waals surface area contributed by atoms with Crippen LogP contribution in [0.3, 0.4) is 0 Å². The van der Waals surface area contributed by atoms with E-state index in [0.717, 1.165) is 37.2 Å². The Kier molecular flexibility index (Phi) is 10.8. The van der Waals surface area contributed by atoms with E-state index in [9.17, 15) is 24.3 Å². The molecular weight excluding hydrogens is 604 g/mol. The number of amides is 4. The maximum atomic E-state index is 14.1. The predicted octanol–water partition coefficient (Wildman–Crippen LogP) is 5.39. The Labute approximate surface area is 284 Å². The SMILES string of the molecule is CC(C)CC[C@H](C[C@@H](O)[C@H](Cc1ccccc1)NC(=O)c1cc(N2CCCC2=O)cc(N2CCCC2=O)c1)C(=O)NC1CC2CCC1C2.